The van der Waals surface area contributed by atoms with Crippen molar-refractivity contribution < 1.29 is 28.9 Å². The first kappa shape index (κ1) is 31.9. The van der Waals surface area contributed by atoms with Crippen molar-refractivity contribution in [3.63, 3.8) is 0 Å². The molecule has 4 N–H and O–H groups in total. The maximum Gasteiger partial charge on any atom is 0.410 e. The number of non-ortho nitro benzene ring substituents is 2. The van der Waals surface area contributed by atoms with E-state index in [-0.39, 0.29) is 24.6 Å². The van der Waals surface area contributed by atoms with Crippen LogP contribution in [0, 0.1) is 20.2 Å². The molecule has 0 aliphatic heterocycles. The molecule has 2 aromatic rings. The fraction of sp³-hybridized carbons (Fsp3) is 0.462. The summed E-state index contributed by atoms with van der Waals surface area (Å²) >= 11 is 0. The van der Waals surface area contributed by atoms with E-state index in [1.807, 2.05) is 0 Å². The Kier molecular flexibility index (Phi) is 13.8. The second-order valence-electron chi connectivity index (χ2n) is 8.92. The molecule has 2 rings (SSSR count). The highest BCUT2D eigenvalue weighted by molar-refractivity contribution is 5.68. The molecule has 0 unspecified atom stereocenters. The van der Waals surface area contributed by atoms with Crippen molar-refractivity contribution in [2.45, 2.75) is 38.9 Å². The van der Waals surface area contributed by atoms with Crippen LogP contribution in [-0.4, -0.2) is 71.1 Å². The molecule has 0 aliphatic carbocycles. The molecule has 0 heterocycles. The van der Waals surface area contributed by atoms with Gasteiger partial charge in [-0.05, 0) is 74.2 Å². The molecule has 218 valence electrons. The predicted octanol–water partition coefficient (Wildman–Crippen LogP) is 3.56. The molecule has 0 spiro atoms. The van der Waals surface area contributed by atoms with E-state index in [9.17, 15) is 29.8 Å². The maximum atomic E-state index is 12.7. The summed E-state index contributed by atoms with van der Waals surface area (Å²) in [5.41, 5.74) is 12.4. The van der Waals surface area contributed by atoms with Crippen LogP contribution in [0.1, 0.15) is 36.8 Å². The third-order valence-electron chi connectivity index (χ3n) is 5.91. The summed E-state index contributed by atoms with van der Waals surface area (Å²) in [6.45, 7) is 2.35. The summed E-state index contributed by atoms with van der Waals surface area (Å²) in [5.74, 6) is 0. The van der Waals surface area contributed by atoms with Crippen molar-refractivity contribution in [1.29, 1.82) is 0 Å². The summed E-state index contributed by atoms with van der Waals surface area (Å²) in [6, 6.07) is 11.5. The van der Waals surface area contributed by atoms with Crippen LogP contribution in [0.25, 0.3) is 0 Å². The first-order valence-corrected chi connectivity index (χ1v) is 12.9. The third kappa shape index (κ3) is 11.2. The highest BCUT2D eigenvalue weighted by Gasteiger charge is 2.18. The van der Waals surface area contributed by atoms with Crippen LogP contribution in [-0.2, 0) is 22.7 Å². The summed E-state index contributed by atoms with van der Waals surface area (Å²) in [4.78, 5) is 49.0. The Hall–Kier alpha value is -4.30. The number of amides is 2. The molecule has 0 aromatic heterocycles. The second kappa shape index (κ2) is 17.3. The Morgan fingerprint density at radius 2 is 0.950 bits per heavy atom. The summed E-state index contributed by atoms with van der Waals surface area (Å²) in [5, 5.41) is 21.6. The lowest BCUT2D eigenvalue weighted by atomic mass is 10.2. The van der Waals surface area contributed by atoms with Gasteiger partial charge in [-0.3, -0.25) is 20.2 Å². The Labute approximate surface area is 232 Å². The summed E-state index contributed by atoms with van der Waals surface area (Å²) in [7, 11) is 0. The predicted molar refractivity (Wildman–Crippen MR) is 146 cm³/mol. The Morgan fingerprint density at radius 1 is 0.625 bits per heavy atom. The maximum absolute atomic E-state index is 12.7. The van der Waals surface area contributed by atoms with E-state index in [0.717, 1.165) is 0 Å². The Balaban J connectivity index is 1.84. The number of nitrogens with zero attached hydrogens (tertiary/aromatic N) is 4. The van der Waals surface area contributed by atoms with Gasteiger partial charge in [0.05, 0.1) is 9.85 Å². The number of unbranched alkanes of at least 4 members (excludes halogenated alkanes) is 1. The van der Waals surface area contributed by atoms with Gasteiger partial charge in [0.2, 0.25) is 0 Å². The zero-order valence-corrected chi connectivity index (χ0v) is 22.3. The van der Waals surface area contributed by atoms with Crippen LogP contribution in [0.2, 0.25) is 0 Å². The van der Waals surface area contributed by atoms with Gasteiger partial charge in [0.15, 0.2) is 0 Å². The molecule has 0 saturated heterocycles. The standard InChI is InChI=1S/C26H36N6O8/c27-13-3-17-29(25(33)39-19-21-5-9-23(10-6-21)31(35)36)15-1-2-16-30(18-4-14-28)26(34)40-20-22-7-11-24(12-8-22)32(37)38/h5-12H,1-4,13-20,27-28H2. The monoisotopic (exact) mass is 560 g/mol. The van der Waals surface area contributed by atoms with Crippen LogP contribution in [0.4, 0.5) is 21.0 Å². The van der Waals surface area contributed by atoms with Crippen LogP contribution < -0.4 is 11.5 Å². The van der Waals surface area contributed by atoms with Gasteiger partial charge in [0.25, 0.3) is 11.4 Å². The second-order valence-corrected chi connectivity index (χ2v) is 8.92. The van der Waals surface area contributed by atoms with Gasteiger partial charge in [0, 0.05) is 50.4 Å². The lowest BCUT2D eigenvalue weighted by Gasteiger charge is -2.24. The van der Waals surface area contributed by atoms with Gasteiger partial charge in [-0.2, -0.15) is 0 Å². The van der Waals surface area contributed by atoms with Gasteiger partial charge >= 0.3 is 12.2 Å². The molecule has 0 atom stereocenters. The number of hydrogen-bond donors (Lipinski definition) is 2. The van der Waals surface area contributed by atoms with Crippen LogP contribution in [0.3, 0.4) is 0 Å². The fourth-order valence-electron chi connectivity index (χ4n) is 3.66. The molecule has 0 bridgehead atoms. The number of carbonyl (C=O) groups excluding carboxylic acids is 2. The van der Waals surface area contributed by atoms with Crippen molar-refractivity contribution in [3.05, 3.63) is 79.9 Å². The van der Waals surface area contributed by atoms with Crippen LogP contribution in [0.15, 0.2) is 48.5 Å². The van der Waals surface area contributed by atoms with Gasteiger partial charge in [-0.25, -0.2) is 9.59 Å². The number of rotatable bonds is 17. The van der Waals surface area contributed by atoms with Crippen molar-refractivity contribution in [3.8, 4) is 0 Å². The molecule has 2 aromatic carbocycles. The number of benzene rings is 2. The van der Waals surface area contributed by atoms with Crippen molar-refractivity contribution in [2.24, 2.45) is 11.5 Å². The van der Waals surface area contributed by atoms with E-state index in [1.165, 1.54) is 48.5 Å². The zero-order chi connectivity index (χ0) is 29.3. The fourth-order valence-corrected chi connectivity index (χ4v) is 3.66. The van der Waals surface area contributed by atoms with E-state index in [2.05, 4.69) is 0 Å². The first-order valence-electron chi connectivity index (χ1n) is 12.9. The number of carbonyl (C=O) groups is 2. The van der Waals surface area contributed by atoms with Crippen molar-refractivity contribution in [1.82, 2.24) is 9.80 Å². The number of ether oxygens (including phenoxy) is 2. The lowest BCUT2D eigenvalue weighted by Crippen LogP contribution is -2.36. The molecular weight excluding hydrogens is 524 g/mol. The molecule has 0 aliphatic rings. The average molecular weight is 561 g/mol. The van der Waals surface area contributed by atoms with E-state index in [0.29, 0.717) is 76.1 Å². The molecule has 2 amide bonds. The molecule has 0 saturated carbocycles. The number of nitro benzene ring substituents is 2. The van der Waals surface area contributed by atoms with Crippen LogP contribution >= 0.6 is 0 Å². The normalized spacial score (nSPS) is 10.6. The SMILES string of the molecule is NCCCN(CCCCN(CCCN)C(=O)OCc1ccc([N+](=O)[O-])cc1)C(=O)OCc1ccc([N+](=O)[O-])cc1. The highest BCUT2D eigenvalue weighted by Crippen LogP contribution is 2.15. The first-order chi connectivity index (χ1) is 19.2. The summed E-state index contributed by atoms with van der Waals surface area (Å²) < 4.78 is 10.8. The van der Waals surface area contributed by atoms with Gasteiger partial charge in [-0.1, -0.05) is 0 Å². The molecule has 0 radical (unpaired) electrons. The van der Waals surface area contributed by atoms with Gasteiger partial charge < -0.3 is 30.7 Å². The molecule has 0 fully saturated rings. The minimum atomic E-state index is -0.519. The lowest BCUT2D eigenvalue weighted by molar-refractivity contribution is -0.385. The minimum Gasteiger partial charge on any atom is -0.445 e. The zero-order valence-electron chi connectivity index (χ0n) is 22.3. The quantitative estimate of drug-likeness (QED) is 0.164. The summed E-state index contributed by atoms with van der Waals surface area (Å²) in [6.07, 6.45) is 1.32. The van der Waals surface area contributed by atoms with Crippen molar-refractivity contribution in [2.75, 3.05) is 39.3 Å². The molecular formula is C26H36N6O8. The van der Waals surface area contributed by atoms with E-state index in [4.69, 9.17) is 20.9 Å². The smallest absolute Gasteiger partial charge is 0.410 e. The minimum absolute atomic E-state index is 0.0244. The van der Waals surface area contributed by atoms with E-state index in [1.54, 1.807) is 9.80 Å². The van der Waals surface area contributed by atoms with E-state index < -0.39 is 22.0 Å². The third-order valence-corrected chi connectivity index (χ3v) is 5.91. The number of hydrogen-bond acceptors (Lipinski definition) is 10. The number of nitrogens with two attached hydrogens (primary N) is 2. The number of nitro groups is 2. The highest BCUT2D eigenvalue weighted by atomic mass is 16.6. The van der Waals surface area contributed by atoms with Crippen LogP contribution in [0.5, 0.6) is 0 Å². The average Bonchev–Trinajstić information content (AvgIpc) is 2.96. The van der Waals surface area contributed by atoms with Gasteiger partial charge in [0.1, 0.15) is 13.2 Å². The topological polar surface area (TPSA) is 197 Å². The molecule has 14 heteroatoms. The van der Waals surface area contributed by atoms with Crippen molar-refractivity contribution >= 4 is 23.6 Å². The molecule has 40 heavy (non-hydrogen) atoms. The molecule has 14 nitrogen and oxygen atoms in total. The van der Waals surface area contributed by atoms with E-state index >= 15 is 0 Å². The largest absolute Gasteiger partial charge is 0.445 e. The Bertz CT molecular complexity index is 1010. The van der Waals surface area contributed by atoms with Gasteiger partial charge in [-0.15, -0.1) is 0 Å². The Morgan fingerprint density at radius 3 is 1.25 bits per heavy atom.